The monoisotopic (exact) mass is 542 g/mol. The molecule has 0 heterocycles. The van der Waals surface area contributed by atoms with Gasteiger partial charge in [-0.05, 0) is 35.7 Å². The Kier molecular flexibility index (Phi) is 10.7. The van der Waals surface area contributed by atoms with E-state index in [1.165, 1.54) is 11.1 Å². The van der Waals surface area contributed by atoms with Gasteiger partial charge in [-0.15, -0.1) is 24.0 Å². The van der Waals surface area contributed by atoms with Gasteiger partial charge >= 0.3 is 0 Å². The fraction of sp³-hybridized carbons (Fsp3) is 0.231. The van der Waals surface area contributed by atoms with Crippen molar-refractivity contribution in [2.24, 2.45) is 4.99 Å². The van der Waals surface area contributed by atoms with Crippen molar-refractivity contribution in [3.63, 3.8) is 0 Å². The summed E-state index contributed by atoms with van der Waals surface area (Å²) in [7, 11) is 1.64. The standard InChI is InChI=1S/C26H30N4O.HI/c1-3-28-26(29-18-20-11-10-16-23(17-20)25(31)27-2)30-19-24(21-12-6-4-7-13-21)22-14-8-5-9-15-22;/h4-17,24H,3,18-19H2,1-2H3,(H,27,31)(H2,28,29,30);1H. The van der Waals surface area contributed by atoms with Crippen molar-refractivity contribution in [2.75, 3.05) is 20.1 Å². The first-order chi connectivity index (χ1) is 15.2. The first-order valence-corrected chi connectivity index (χ1v) is 10.6. The van der Waals surface area contributed by atoms with Crippen molar-refractivity contribution >= 4 is 35.8 Å². The van der Waals surface area contributed by atoms with Crippen LogP contribution in [0.5, 0.6) is 0 Å². The summed E-state index contributed by atoms with van der Waals surface area (Å²) in [5, 5.41) is 9.47. The van der Waals surface area contributed by atoms with Gasteiger partial charge in [-0.2, -0.15) is 0 Å². The lowest BCUT2D eigenvalue weighted by Gasteiger charge is -2.20. The van der Waals surface area contributed by atoms with Crippen LogP contribution >= 0.6 is 24.0 Å². The summed E-state index contributed by atoms with van der Waals surface area (Å²) in [5.74, 6) is 0.872. The first kappa shape index (κ1) is 25.4. The molecule has 3 rings (SSSR count). The van der Waals surface area contributed by atoms with Gasteiger partial charge in [0.2, 0.25) is 0 Å². The zero-order valence-electron chi connectivity index (χ0n) is 18.5. The number of hydrogen-bond donors (Lipinski definition) is 3. The van der Waals surface area contributed by atoms with Gasteiger partial charge in [0.25, 0.3) is 5.91 Å². The summed E-state index contributed by atoms with van der Waals surface area (Å²) in [6.45, 7) is 4.03. The molecule has 0 radical (unpaired) electrons. The van der Waals surface area contributed by atoms with E-state index in [9.17, 15) is 4.79 Å². The van der Waals surface area contributed by atoms with Crippen LogP contribution in [0.1, 0.15) is 39.9 Å². The highest BCUT2D eigenvalue weighted by molar-refractivity contribution is 14.0. The van der Waals surface area contributed by atoms with Gasteiger partial charge in [0, 0.05) is 31.6 Å². The second-order valence-electron chi connectivity index (χ2n) is 7.23. The maximum atomic E-state index is 11.9. The van der Waals surface area contributed by atoms with E-state index < -0.39 is 0 Å². The topological polar surface area (TPSA) is 65.5 Å². The Morgan fingerprint density at radius 3 is 2.06 bits per heavy atom. The molecular weight excluding hydrogens is 511 g/mol. The Labute approximate surface area is 207 Å². The molecule has 5 nitrogen and oxygen atoms in total. The molecule has 168 valence electrons. The van der Waals surface area contributed by atoms with E-state index >= 15 is 0 Å². The van der Waals surface area contributed by atoms with Crippen LogP contribution in [0.3, 0.4) is 0 Å². The van der Waals surface area contributed by atoms with E-state index in [1.54, 1.807) is 13.1 Å². The Balaban J connectivity index is 0.00000363. The molecular formula is C26H31IN4O. The van der Waals surface area contributed by atoms with Crippen LogP contribution in [-0.2, 0) is 6.54 Å². The van der Waals surface area contributed by atoms with Crippen LogP contribution in [0.15, 0.2) is 89.9 Å². The van der Waals surface area contributed by atoms with E-state index in [0.717, 1.165) is 24.6 Å². The summed E-state index contributed by atoms with van der Waals surface area (Å²) in [4.78, 5) is 16.6. The largest absolute Gasteiger partial charge is 0.357 e. The molecule has 6 heteroatoms. The molecule has 3 N–H and O–H groups in total. The minimum Gasteiger partial charge on any atom is -0.357 e. The number of hydrogen-bond acceptors (Lipinski definition) is 2. The Hall–Kier alpha value is -2.87. The molecule has 0 spiro atoms. The fourth-order valence-electron chi connectivity index (χ4n) is 3.46. The van der Waals surface area contributed by atoms with Gasteiger partial charge in [0.05, 0.1) is 6.54 Å². The molecule has 3 aromatic rings. The molecule has 0 fully saturated rings. The average Bonchev–Trinajstić information content (AvgIpc) is 2.83. The molecule has 0 unspecified atom stereocenters. The molecule has 0 bridgehead atoms. The van der Waals surface area contributed by atoms with Crippen molar-refractivity contribution in [1.82, 2.24) is 16.0 Å². The van der Waals surface area contributed by atoms with E-state index in [0.29, 0.717) is 12.1 Å². The third-order valence-electron chi connectivity index (χ3n) is 5.06. The predicted molar refractivity (Wildman–Crippen MR) is 143 cm³/mol. The summed E-state index contributed by atoms with van der Waals surface area (Å²) >= 11 is 0. The molecule has 0 saturated carbocycles. The summed E-state index contributed by atoms with van der Waals surface area (Å²) in [6.07, 6.45) is 0. The average molecular weight is 542 g/mol. The number of amides is 1. The van der Waals surface area contributed by atoms with Gasteiger partial charge in [0.15, 0.2) is 5.96 Å². The van der Waals surface area contributed by atoms with Gasteiger partial charge in [-0.25, -0.2) is 4.99 Å². The number of rotatable bonds is 8. The third-order valence-corrected chi connectivity index (χ3v) is 5.06. The lowest BCUT2D eigenvalue weighted by atomic mass is 9.91. The number of nitrogens with one attached hydrogen (secondary N) is 3. The molecule has 0 aliphatic carbocycles. The Morgan fingerprint density at radius 1 is 0.875 bits per heavy atom. The normalized spacial score (nSPS) is 10.9. The molecule has 32 heavy (non-hydrogen) atoms. The van der Waals surface area contributed by atoms with E-state index in [2.05, 4.69) is 71.4 Å². The highest BCUT2D eigenvalue weighted by atomic mass is 127. The Morgan fingerprint density at radius 2 is 1.50 bits per heavy atom. The molecule has 0 atom stereocenters. The third kappa shape index (κ3) is 7.37. The maximum absolute atomic E-state index is 11.9. The van der Waals surface area contributed by atoms with Gasteiger partial charge < -0.3 is 16.0 Å². The van der Waals surface area contributed by atoms with Crippen molar-refractivity contribution in [2.45, 2.75) is 19.4 Å². The molecule has 1 amide bonds. The van der Waals surface area contributed by atoms with Crippen LogP contribution in [-0.4, -0.2) is 32.0 Å². The van der Waals surface area contributed by atoms with Crippen LogP contribution in [0, 0.1) is 0 Å². The summed E-state index contributed by atoms with van der Waals surface area (Å²) in [5.41, 5.74) is 4.15. The van der Waals surface area contributed by atoms with Gasteiger partial charge in [-0.3, -0.25) is 4.79 Å². The fourth-order valence-corrected chi connectivity index (χ4v) is 3.46. The number of carbonyl (C=O) groups excluding carboxylic acids is 1. The second-order valence-corrected chi connectivity index (χ2v) is 7.23. The highest BCUT2D eigenvalue weighted by Gasteiger charge is 2.14. The number of guanidine groups is 1. The summed E-state index contributed by atoms with van der Waals surface area (Å²) in [6, 6.07) is 28.6. The van der Waals surface area contributed by atoms with Crippen molar-refractivity contribution in [3.8, 4) is 0 Å². The second kappa shape index (κ2) is 13.5. The number of carbonyl (C=O) groups is 1. The van der Waals surface area contributed by atoms with E-state index in [1.807, 2.05) is 30.3 Å². The first-order valence-electron chi connectivity index (χ1n) is 10.6. The number of aliphatic imine (C=N–C) groups is 1. The lowest BCUT2D eigenvalue weighted by molar-refractivity contribution is 0.0963. The lowest BCUT2D eigenvalue weighted by Crippen LogP contribution is -2.39. The zero-order chi connectivity index (χ0) is 21.9. The Bertz CT molecular complexity index is 953. The van der Waals surface area contributed by atoms with Crippen LogP contribution in [0.25, 0.3) is 0 Å². The predicted octanol–water partition coefficient (Wildman–Crippen LogP) is 4.55. The maximum Gasteiger partial charge on any atom is 0.251 e. The summed E-state index contributed by atoms with van der Waals surface area (Å²) < 4.78 is 0. The van der Waals surface area contributed by atoms with E-state index in [-0.39, 0.29) is 35.8 Å². The van der Waals surface area contributed by atoms with Crippen molar-refractivity contribution in [1.29, 1.82) is 0 Å². The molecule has 3 aromatic carbocycles. The van der Waals surface area contributed by atoms with Crippen molar-refractivity contribution < 1.29 is 4.79 Å². The van der Waals surface area contributed by atoms with Gasteiger partial charge in [0.1, 0.15) is 0 Å². The molecule has 0 aliphatic heterocycles. The smallest absolute Gasteiger partial charge is 0.251 e. The number of nitrogens with zero attached hydrogens (tertiary/aromatic N) is 1. The number of benzene rings is 3. The van der Waals surface area contributed by atoms with E-state index in [4.69, 9.17) is 4.99 Å². The SMILES string of the molecule is CCNC(=NCc1cccc(C(=O)NC)c1)NCC(c1ccccc1)c1ccccc1.I. The molecule has 0 aromatic heterocycles. The molecule has 0 saturated heterocycles. The minimum atomic E-state index is -0.0931. The van der Waals surface area contributed by atoms with Crippen LogP contribution in [0.2, 0.25) is 0 Å². The minimum absolute atomic E-state index is 0. The number of halogens is 1. The zero-order valence-corrected chi connectivity index (χ0v) is 20.9. The van der Waals surface area contributed by atoms with Crippen LogP contribution < -0.4 is 16.0 Å². The quantitative estimate of drug-likeness (QED) is 0.222. The molecule has 0 aliphatic rings. The van der Waals surface area contributed by atoms with Gasteiger partial charge in [-0.1, -0.05) is 72.8 Å². The van der Waals surface area contributed by atoms with Crippen molar-refractivity contribution in [3.05, 3.63) is 107 Å². The highest BCUT2D eigenvalue weighted by Crippen LogP contribution is 2.23. The van der Waals surface area contributed by atoms with Crippen LogP contribution in [0.4, 0.5) is 0 Å².